The number of phenolic OH excluding ortho intramolecular Hbond substituents is 1. The zero-order valence-corrected chi connectivity index (χ0v) is 15.4. The van der Waals surface area contributed by atoms with Gasteiger partial charge in [0, 0.05) is 29.4 Å². The van der Waals surface area contributed by atoms with Crippen LogP contribution in [-0.2, 0) is 0 Å². The van der Waals surface area contributed by atoms with Crippen LogP contribution in [0.25, 0.3) is 28.2 Å². The third kappa shape index (κ3) is 2.92. The van der Waals surface area contributed by atoms with Crippen molar-refractivity contribution in [2.45, 2.75) is 43.9 Å². The van der Waals surface area contributed by atoms with Crippen LogP contribution < -0.4 is 5.32 Å². The summed E-state index contributed by atoms with van der Waals surface area (Å²) >= 11 is 0. The number of benzene rings is 1. The van der Waals surface area contributed by atoms with Crippen LogP contribution in [0.15, 0.2) is 42.4 Å². The van der Waals surface area contributed by atoms with Crippen molar-refractivity contribution < 1.29 is 9.50 Å². The lowest BCUT2D eigenvalue weighted by Crippen LogP contribution is -2.50. The minimum absolute atomic E-state index is 0.0361. The molecule has 142 valence electrons. The summed E-state index contributed by atoms with van der Waals surface area (Å²) < 4.78 is 14.7. The molecule has 28 heavy (non-hydrogen) atoms. The highest BCUT2D eigenvalue weighted by Crippen LogP contribution is 2.40. The Bertz CT molecular complexity index is 1080. The quantitative estimate of drug-likeness (QED) is 0.712. The van der Waals surface area contributed by atoms with Crippen LogP contribution in [0.1, 0.15) is 31.9 Å². The molecular formula is C21H20FN5O. The Morgan fingerprint density at radius 1 is 1.25 bits per heavy atom. The lowest BCUT2D eigenvalue weighted by Gasteiger charge is -2.35. The molecular weight excluding hydrogens is 357 g/mol. The molecule has 0 spiro atoms. The molecule has 3 aromatic rings. The van der Waals surface area contributed by atoms with E-state index in [1.165, 1.54) is 0 Å². The van der Waals surface area contributed by atoms with Crippen molar-refractivity contribution in [3.05, 3.63) is 48.1 Å². The second-order valence-corrected chi connectivity index (χ2v) is 7.95. The molecule has 2 N–H and O–H groups in total. The molecule has 6 nitrogen and oxygen atoms in total. The zero-order chi connectivity index (χ0) is 19.3. The standard InChI is InChI=1S/C21H20FN5O/c1-21-4-2-17(25-21)19(22)13(9-21)6-15-11-24-20(27-26-15)16-7-12-3-5-23-10-14(12)8-18(16)28/h3,5-8,10-11,17,19,25,28H,2,4,9H2,1H3/b13-6-/t17-,19+,21+/m1/s1. The van der Waals surface area contributed by atoms with Gasteiger partial charge in [-0.1, -0.05) is 0 Å². The van der Waals surface area contributed by atoms with Crippen molar-refractivity contribution in [2.24, 2.45) is 0 Å². The molecule has 2 aliphatic heterocycles. The molecule has 0 aliphatic carbocycles. The van der Waals surface area contributed by atoms with E-state index in [0.29, 0.717) is 23.5 Å². The van der Waals surface area contributed by atoms with E-state index in [1.807, 2.05) is 12.1 Å². The van der Waals surface area contributed by atoms with Crippen molar-refractivity contribution in [2.75, 3.05) is 0 Å². The highest BCUT2D eigenvalue weighted by Gasteiger charge is 2.45. The van der Waals surface area contributed by atoms with E-state index in [-0.39, 0.29) is 17.3 Å². The van der Waals surface area contributed by atoms with E-state index in [9.17, 15) is 9.50 Å². The zero-order valence-electron chi connectivity index (χ0n) is 15.4. The van der Waals surface area contributed by atoms with Crippen molar-refractivity contribution in [3.63, 3.8) is 0 Å². The molecule has 4 heterocycles. The number of rotatable bonds is 2. The summed E-state index contributed by atoms with van der Waals surface area (Å²) in [5.74, 6) is 0.396. The SMILES string of the molecule is C[C@@]12CC[C@@H](N1)[C@@H](F)/C(=C\c1cnc(-c3cc4ccncc4cc3O)nn1)C2. The number of piperidine rings is 1. The summed E-state index contributed by atoms with van der Waals surface area (Å²) in [4.78, 5) is 8.40. The van der Waals surface area contributed by atoms with Crippen molar-refractivity contribution in [3.8, 4) is 17.1 Å². The van der Waals surface area contributed by atoms with Crippen molar-refractivity contribution >= 4 is 16.8 Å². The van der Waals surface area contributed by atoms with E-state index in [1.54, 1.807) is 30.7 Å². The summed E-state index contributed by atoms with van der Waals surface area (Å²) in [7, 11) is 0. The van der Waals surface area contributed by atoms with Gasteiger partial charge in [-0.25, -0.2) is 9.37 Å². The smallest absolute Gasteiger partial charge is 0.185 e. The first-order valence-corrected chi connectivity index (χ1v) is 9.40. The number of phenols is 1. The third-order valence-corrected chi connectivity index (χ3v) is 5.75. The fraction of sp³-hybridized carbons (Fsp3) is 0.333. The monoisotopic (exact) mass is 377 g/mol. The maximum absolute atomic E-state index is 14.7. The number of pyridine rings is 1. The number of hydrogen-bond acceptors (Lipinski definition) is 6. The Morgan fingerprint density at radius 2 is 2.14 bits per heavy atom. The average Bonchev–Trinajstić information content (AvgIpc) is 3.04. The molecule has 2 aliphatic rings. The van der Waals surface area contributed by atoms with Gasteiger partial charge in [-0.05, 0) is 61.4 Å². The lowest BCUT2D eigenvalue weighted by atomic mass is 9.87. The first-order valence-electron chi connectivity index (χ1n) is 9.40. The molecule has 0 radical (unpaired) electrons. The predicted octanol–water partition coefficient (Wildman–Crippen LogP) is 3.43. The highest BCUT2D eigenvalue weighted by molar-refractivity contribution is 5.88. The molecule has 2 aromatic heterocycles. The second kappa shape index (κ2) is 6.31. The van der Waals surface area contributed by atoms with Gasteiger partial charge in [0.05, 0.1) is 11.8 Å². The predicted molar refractivity (Wildman–Crippen MR) is 104 cm³/mol. The number of hydrogen-bond donors (Lipinski definition) is 2. The van der Waals surface area contributed by atoms with E-state index >= 15 is 0 Å². The molecule has 0 saturated carbocycles. The number of aromatic nitrogens is 4. The highest BCUT2D eigenvalue weighted by atomic mass is 19.1. The minimum atomic E-state index is -1.00. The second-order valence-electron chi connectivity index (χ2n) is 7.95. The van der Waals surface area contributed by atoms with Gasteiger partial charge in [0.15, 0.2) is 5.82 Å². The molecule has 2 fully saturated rings. The van der Waals surface area contributed by atoms with E-state index in [0.717, 1.165) is 29.2 Å². The molecule has 1 aromatic carbocycles. The van der Waals surface area contributed by atoms with Crippen LogP contribution in [0.3, 0.4) is 0 Å². The van der Waals surface area contributed by atoms with Crippen molar-refractivity contribution in [1.82, 2.24) is 25.5 Å². The Balaban J connectivity index is 1.46. The number of fused-ring (bicyclic) bond motifs is 3. The van der Waals surface area contributed by atoms with Crippen LogP contribution >= 0.6 is 0 Å². The van der Waals surface area contributed by atoms with Gasteiger partial charge in [0.25, 0.3) is 0 Å². The van der Waals surface area contributed by atoms with Gasteiger partial charge in [-0.2, -0.15) is 0 Å². The van der Waals surface area contributed by atoms with E-state index < -0.39 is 6.17 Å². The Hall–Kier alpha value is -2.93. The molecule has 5 rings (SSSR count). The fourth-order valence-corrected chi connectivity index (χ4v) is 4.33. The number of alkyl halides is 1. The molecule has 0 unspecified atom stereocenters. The van der Waals surface area contributed by atoms with Crippen LogP contribution in [-0.4, -0.2) is 43.0 Å². The number of nitrogens with one attached hydrogen (secondary N) is 1. The van der Waals surface area contributed by atoms with E-state index in [2.05, 4.69) is 32.4 Å². The third-order valence-electron chi connectivity index (χ3n) is 5.75. The van der Waals surface area contributed by atoms with Gasteiger partial charge < -0.3 is 10.4 Å². The molecule has 2 saturated heterocycles. The summed E-state index contributed by atoms with van der Waals surface area (Å²) in [5.41, 5.74) is 1.73. The fourth-order valence-electron chi connectivity index (χ4n) is 4.33. The van der Waals surface area contributed by atoms with Gasteiger partial charge >= 0.3 is 0 Å². The minimum Gasteiger partial charge on any atom is -0.507 e. The van der Waals surface area contributed by atoms with Crippen LogP contribution in [0.4, 0.5) is 4.39 Å². The maximum Gasteiger partial charge on any atom is 0.185 e. The first kappa shape index (κ1) is 17.2. The van der Waals surface area contributed by atoms with Crippen LogP contribution in [0.2, 0.25) is 0 Å². The van der Waals surface area contributed by atoms with Gasteiger partial charge in [0.1, 0.15) is 17.6 Å². The topological polar surface area (TPSA) is 83.8 Å². The lowest BCUT2D eigenvalue weighted by molar-refractivity contribution is 0.234. The van der Waals surface area contributed by atoms with Crippen LogP contribution in [0, 0.1) is 0 Å². The molecule has 2 bridgehead atoms. The Morgan fingerprint density at radius 3 is 2.96 bits per heavy atom. The van der Waals surface area contributed by atoms with Gasteiger partial charge in [0.2, 0.25) is 0 Å². The van der Waals surface area contributed by atoms with E-state index in [4.69, 9.17) is 0 Å². The summed E-state index contributed by atoms with van der Waals surface area (Å²) in [6, 6.07) is 5.19. The Labute approximate surface area is 161 Å². The largest absolute Gasteiger partial charge is 0.507 e. The summed E-state index contributed by atoms with van der Waals surface area (Å²) in [6.45, 7) is 2.14. The average molecular weight is 377 g/mol. The van der Waals surface area contributed by atoms with Gasteiger partial charge in [-0.15, -0.1) is 10.2 Å². The number of halogens is 1. The summed E-state index contributed by atoms with van der Waals surface area (Å²) in [6.07, 6.45) is 8.21. The Kier molecular flexibility index (Phi) is 3.87. The molecule has 7 heteroatoms. The number of nitrogens with zero attached hydrogens (tertiary/aromatic N) is 4. The maximum atomic E-state index is 14.7. The summed E-state index contributed by atoms with van der Waals surface area (Å²) in [5, 5.41) is 23.8. The molecule has 0 amide bonds. The normalized spacial score (nSPS) is 28.1. The number of aromatic hydroxyl groups is 1. The first-order chi connectivity index (χ1) is 13.5. The van der Waals surface area contributed by atoms with Crippen LogP contribution in [0.5, 0.6) is 5.75 Å². The molecule has 3 atom stereocenters. The van der Waals surface area contributed by atoms with Crippen molar-refractivity contribution in [1.29, 1.82) is 0 Å². The van der Waals surface area contributed by atoms with Gasteiger partial charge in [-0.3, -0.25) is 4.98 Å².